The van der Waals surface area contributed by atoms with E-state index < -0.39 is 11.8 Å². The number of anilines is 1. The molecule has 2 N–H and O–H groups in total. The molecule has 0 aromatic heterocycles. The van der Waals surface area contributed by atoms with E-state index in [0.717, 1.165) is 0 Å². The Morgan fingerprint density at radius 3 is 2.76 bits per heavy atom. The predicted octanol–water partition coefficient (Wildman–Crippen LogP) is 0.662. The fourth-order valence-electron chi connectivity index (χ4n) is 1.71. The summed E-state index contributed by atoms with van der Waals surface area (Å²) in [5.41, 5.74) is 1.15. The second-order valence-electron chi connectivity index (χ2n) is 3.44. The quantitative estimate of drug-likeness (QED) is 0.546. The van der Waals surface area contributed by atoms with Crippen molar-refractivity contribution >= 4 is 23.1 Å². The van der Waals surface area contributed by atoms with Crippen molar-refractivity contribution in [1.82, 2.24) is 5.32 Å². The summed E-state index contributed by atoms with van der Waals surface area (Å²) in [6, 6.07) is 8.71. The number of nitrogens with zero attached hydrogens (tertiary/aromatic N) is 1. The Balaban J connectivity index is 2.67. The molecule has 2 rings (SSSR count). The van der Waals surface area contributed by atoms with Crippen molar-refractivity contribution in [2.75, 3.05) is 12.4 Å². The van der Waals surface area contributed by atoms with Crippen LogP contribution >= 0.6 is 0 Å². The Hall–Kier alpha value is -2.61. The zero-order valence-corrected chi connectivity index (χ0v) is 9.07. The van der Waals surface area contributed by atoms with E-state index in [1.807, 2.05) is 0 Å². The van der Waals surface area contributed by atoms with E-state index in [0.29, 0.717) is 11.3 Å². The van der Waals surface area contributed by atoms with Gasteiger partial charge in [-0.15, -0.1) is 0 Å². The summed E-state index contributed by atoms with van der Waals surface area (Å²) in [5, 5.41) is 13.9. The molecule has 0 radical (unpaired) electrons. The molecule has 0 saturated carbocycles. The van der Waals surface area contributed by atoms with Gasteiger partial charge in [0, 0.05) is 18.3 Å². The van der Waals surface area contributed by atoms with Crippen LogP contribution in [0.1, 0.15) is 5.56 Å². The first-order valence-electron chi connectivity index (χ1n) is 4.96. The smallest absolute Gasteiger partial charge is 0.262 e. The molecule has 2 amide bonds. The maximum atomic E-state index is 11.8. The van der Waals surface area contributed by atoms with E-state index in [-0.39, 0.29) is 11.1 Å². The van der Waals surface area contributed by atoms with Crippen molar-refractivity contribution in [2.45, 2.75) is 0 Å². The average molecular weight is 227 g/mol. The van der Waals surface area contributed by atoms with Gasteiger partial charge in [-0.05, 0) is 6.07 Å². The first-order valence-corrected chi connectivity index (χ1v) is 4.96. The van der Waals surface area contributed by atoms with E-state index in [9.17, 15) is 9.59 Å². The lowest BCUT2D eigenvalue weighted by atomic mass is 10.0. The Labute approximate surface area is 97.7 Å². The topological polar surface area (TPSA) is 82.0 Å². The van der Waals surface area contributed by atoms with Gasteiger partial charge in [-0.25, -0.2) is 0 Å². The minimum absolute atomic E-state index is 0.127. The molecule has 1 heterocycles. The number of hydrogen-bond donors (Lipinski definition) is 2. The van der Waals surface area contributed by atoms with Crippen LogP contribution in [0.5, 0.6) is 0 Å². The molecular formula is C12H9N3O2. The van der Waals surface area contributed by atoms with Gasteiger partial charge in [0.15, 0.2) is 0 Å². The van der Waals surface area contributed by atoms with Gasteiger partial charge in [-0.3, -0.25) is 9.59 Å². The molecule has 0 aliphatic carbocycles. The number of likely N-dealkylation sites (N-methyl/N-ethyl adjacent to an activating group) is 1. The number of rotatable bonds is 1. The first kappa shape index (κ1) is 10.9. The number of carbonyl (C=O) groups excluding carboxylic acids is 2. The molecule has 0 unspecified atom stereocenters. The van der Waals surface area contributed by atoms with Gasteiger partial charge in [0.2, 0.25) is 0 Å². The normalized spacial score (nSPS) is 15.6. The summed E-state index contributed by atoms with van der Waals surface area (Å²) in [7, 11) is 1.42. The molecule has 84 valence electrons. The molecular weight excluding hydrogens is 218 g/mol. The lowest BCUT2D eigenvalue weighted by Crippen LogP contribution is -2.21. The third-order valence-electron chi connectivity index (χ3n) is 2.49. The number of para-hydroxylation sites is 1. The third-order valence-corrected chi connectivity index (χ3v) is 2.49. The Bertz CT molecular complexity index is 582. The highest BCUT2D eigenvalue weighted by atomic mass is 16.2. The minimum Gasteiger partial charge on any atom is -0.354 e. The summed E-state index contributed by atoms with van der Waals surface area (Å²) in [5.74, 6) is -0.985. The predicted molar refractivity (Wildman–Crippen MR) is 61.7 cm³/mol. The zero-order chi connectivity index (χ0) is 12.4. The number of amides is 2. The van der Waals surface area contributed by atoms with Crippen LogP contribution in [-0.2, 0) is 9.59 Å². The minimum atomic E-state index is -0.561. The maximum absolute atomic E-state index is 11.8. The lowest BCUT2D eigenvalue weighted by molar-refractivity contribution is -0.117. The van der Waals surface area contributed by atoms with Crippen molar-refractivity contribution < 1.29 is 9.59 Å². The van der Waals surface area contributed by atoms with Crippen LogP contribution in [0.2, 0.25) is 0 Å². The summed E-state index contributed by atoms with van der Waals surface area (Å²) in [6.45, 7) is 0. The second-order valence-corrected chi connectivity index (χ2v) is 3.44. The van der Waals surface area contributed by atoms with E-state index >= 15 is 0 Å². The summed E-state index contributed by atoms with van der Waals surface area (Å²) < 4.78 is 0. The first-order chi connectivity index (χ1) is 8.19. The molecule has 0 saturated heterocycles. The molecule has 1 aromatic carbocycles. The molecule has 1 aliphatic heterocycles. The fraction of sp³-hybridized carbons (Fsp3) is 0.0833. The fourth-order valence-corrected chi connectivity index (χ4v) is 1.71. The van der Waals surface area contributed by atoms with Crippen LogP contribution in [-0.4, -0.2) is 18.9 Å². The number of fused-ring (bicyclic) bond motifs is 1. The molecule has 0 atom stereocenters. The number of nitrogens with one attached hydrogen (secondary N) is 2. The van der Waals surface area contributed by atoms with Crippen molar-refractivity contribution in [1.29, 1.82) is 5.26 Å². The Morgan fingerprint density at radius 2 is 2.12 bits per heavy atom. The van der Waals surface area contributed by atoms with Crippen molar-refractivity contribution in [3.05, 3.63) is 35.4 Å². The molecule has 1 aromatic rings. The van der Waals surface area contributed by atoms with Gasteiger partial charge < -0.3 is 10.6 Å². The number of carbonyl (C=O) groups is 2. The zero-order valence-electron chi connectivity index (χ0n) is 9.07. The highest BCUT2D eigenvalue weighted by Crippen LogP contribution is 2.33. The van der Waals surface area contributed by atoms with Gasteiger partial charge in [0.05, 0.1) is 5.57 Å². The van der Waals surface area contributed by atoms with Crippen LogP contribution in [0.15, 0.2) is 29.8 Å². The summed E-state index contributed by atoms with van der Waals surface area (Å²) in [6.07, 6.45) is 0. The van der Waals surface area contributed by atoms with E-state index in [4.69, 9.17) is 5.26 Å². The molecule has 0 bridgehead atoms. The SMILES string of the molecule is CNC(=O)/C(C#N)=C1\C(=O)Nc2ccccc21. The summed E-state index contributed by atoms with van der Waals surface area (Å²) in [4.78, 5) is 23.3. The molecule has 0 fully saturated rings. The molecule has 0 spiro atoms. The molecule has 17 heavy (non-hydrogen) atoms. The van der Waals surface area contributed by atoms with Crippen molar-refractivity contribution in [3.63, 3.8) is 0 Å². The van der Waals surface area contributed by atoms with Gasteiger partial charge in [0.25, 0.3) is 11.8 Å². The molecule has 1 aliphatic rings. The second kappa shape index (κ2) is 4.10. The van der Waals surface area contributed by atoms with Gasteiger partial charge in [-0.2, -0.15) is 5.26 Å². The molecule has 5 heteroatoms. The highest BCUT2D eigenvalue weighted by Gasteiger charge is 2.29. The third kappa shape index (κ3) is 1.66. The summed E-state index contributed by atoms with van der Waals surface area (Å²) >= 11 is 0. The van der Waals surface area contributed by atoms with Gasteiger partial charge in [-0.1, -0.05) is 18.2 Å². The Morgan fingerprint density at radius 1 is 1.41 bits per heavy atom. The van der Waals surface area contributed by atoms with Crippen LogP contribution in [0, 0.1) is 11.3 Å². The number of benzene rings is 1. The van der Waals surface area contributed by atoms with E-state index in [1.165, 1.54) is 7.05 Å². The van der Waals surface area contributed by atoms with Gasteiger partial charge in [0.1, 0.15) is 11.6 Å². The average Bonchev–Trinajstić information content (AvgIpc) is 2.67. The Kier molecular flexibility index (Phi) is 2.63. The van der Waals surface area contributed by atoms with Crippen molar-refractivity contribution in [2.24, 2.45) is 0 Å². The largest absolute Gasteiger partial charge is 0.354 e. The van der Waals surface area contributed by atoms with E-state index in [2.05, 4.69) is 10.6 Å². The number of nitriles is 1. The van der Waals surface area contributed by atoms with E-state index in [1.54, 1.807) is 30.3 Å². The molecule has 5 nitrogen and oxygen atoms in total. The van der Waals surface area contributed by atoms with Gasteiger partial charge >= 0.3 is 0 Å². The lowest BCUT2D eigenvalue weighted by Gasteiger charge is -2.01. The van der Waals surface area contributed by atoms with Crippen LogP contribution in [0.3, 0.4) is 0 Å². The monoisotopic (exact) mass is 227 g/mol. The maximum Gasteiger partial charge on any atom is 0.262 e. The van der Waals surface area contributed by atoms with Crippen LogP contribution < -0.4 is 10.6 Å². The van der Waals surface area contributed by atoms with Crippen LogP contribution in [0.25, 0.3) is 5.57 Å². The van der Waals surface area contributed by atoms with Crippen LogP contribution in [0.4, 0.5) is 5.69 Å². The van der Waals surface area contributed by atoms with Crippen molar-refractivity contribution in [3.8, 4) is 6.07 Å². The standard InChI is InChI=1S/C12H9N3O2/c1-14-11(16)8(6-13)10-7-4-2-3-5-9(7)15-12(10)17/h2-5H,1H3,(H,14,16)(H,15,17)/b10-8-. The number of hydrogen-bond acceptors (Lipinski definition) is 3. The highest BCUT2D eigenvalue weighted by molar-refractivity contribution is 6.36.